The zero-order valence-electron chi connectivity index (χ0n) is 10.5. The molecule has 0 bridgehead atoms. The van der Waals surface area contributed by atoms with E-state index in [-0.39, 0.29) is 0 Å². The molecular formula is C13H20ClN3. The number of rotatable bonds is 2. The van der Waals surface area contributed by atoms with Crippen LogP contribution in [0.3, 0.4) is 0 Å². The smallest absolute Gasteiger partial charge is 0.0642 e. The minimum atomic E-state index is 0.541. The molecular weight excluding hydrogens is 234 g/mol. The van der Waals surface area contributed by atoms with Gasteiger partial charge in [0, 0.05) is 32.2 Å². The van der Waals surface area contributed by atoms with Crippen LogP contribution in [-0.4, -0.2) is 37.6 Å². The van der Waals surface area contributed by atoms with Crippen LogP contribution >= 0.6 is 11.6 Å². The van der Waals surface area contributed by atoms with Gasteiger partial charge in [-0.2, -0.15) is 0 Å². The predicted molar refractivity (Wildman–Crippen MR) is 73.6 cm³/mol. The molecule has 1 fully saturated rings. The normalized spacial score (nSPS) is 21.9. The van der Waals surface area contributed by atoms with E-state index in [1.807, 2.05) is 6.07 Å². The van der Waals surface area contributed by atoms with Crippen LogP contribution in [-0.2, 0) is 6.54 Å². The fourth-order valence-electron chi connectivity index (χ4n) is 2.20. The monoisotopic (exact) mass is 253 g/mol. The summed E-state index contributed by atoms with van der Waals surface area (Å²) in [5.74, 6) is 0. The van der Waals surface area contributed by atoms with Crippen LogP contribution in [0.25, 0.3) is 0 Å². The fourth-order valence-corrected chi connectivity index (χ4v) is 2.52. The highest BCUT2D eigenvalue weighted by atomic mass is 35.5. The molecule has 1 aliphatic rings. The van der Waals surface area contributed by atoms with Crippen molar-refractivity contribution >= 4 is 17.3 Å². The summed E-state index contributed by atoms with van der Waals surface area (Å²) in [6.45, 7) is 5.92. The zero-order valence-corrected chi connectivity index (χ0v) is 11.2. The second-order valence-electron chi connectivity index (χ2n) is 4.77. The van der Waals surface area contributed by atoms with Crippen molar-refractivity contribution in [3.05, 3.63) is 28.8 Å². The molecule has 0 aliphatic carbocycles. The summed E-state index contributed by atoms with van der Waals surface area (Å²) in [5, 5.41) is 0.810. The number of halogens is 1. The van der Waals surface area contributed by atoms with E-state index >= 15 is 0 Å². The molecule has 1 aromatic rings. The largest absolute Gasteiger partial charge is 0.367 e. The van der Waals surface area contributed by atoms with Crippen LogP contribution < -0.4 is 10.6 Å². The predicted octanol–water partition coefficient (Wildman–Crippen LogP) is 1.94. The lowest BCUT2D eigenvalue weighted by Gasteiger charge is -2.39. The van der Waals surface area contributed by atoms with E-state index in [4.69, 9.17) is 17.3 Å². The summed E-state index contributed by atoms with van der Waals surface area (Å²) in [7, 11) is 2.17. The Morgan fingerprint density at radius 2 is 2.18 bits per heavy atom. The zero-order chi connectivity index (χ0) is 12.4. The standard InChI is InChI=1S/C13H20ClN3/c1-10-9-17(6-5-16(10)2)13-4-3-11(8-15)7-12(13)14/h3-4,7,10H,5-6,8-9,15H2,1-2H3. The first-order valence-electron chi connectivity index (χ1n) is 6.05. The Balaban J connectivity index is 2.17. The van der Waals surface area contributed by atoms with Gasteiger partial charge in [0.25, 0.3) is 0 Å². The third-order valence-electron chi connectivity index (χ3n) is 3.55. The molecule has 1 unspecified atom stereocenters. The summed E-state index contributed by atoms with van der Waals surface area (Å²) in [4.78, 5) is 4.73. The molecule has 0 radical (unpaired) electrons. The van der Waals surface area contributed by atoms with Gasteiger partial charge in [0.1, 0.15) is 0 Å². The van der Waals surface area contributed by atoms with Crippen LogP contribution in [0.5, 0.6) is 0 Å². The molecule has 3 nitrogen and oxygen atoms in total. The summed E-state index contributed by atoms with van der Waals surface area (Å²) >= 11 is 6.31. The molecule has 1 aliphatic heterocycles. The highest BCUT2D eigenvalue weighted by Crippen LogP contribution is 2.28. The van der Waals surface area contributed by atoms with E-state index in [1.54, 1.807) is 0 Å². The Hall–Kier alpha value is -0.770. The Kier molecular flexibility index (Phi) is 3.92. The van der Waals surface area contributed by atoms with Gasteiger partial charge in [-0.3, -0.25) is 0 Å². The van der Waals surface area contributed by atoms with Gasteiger partial charge in [-0.1, -0.05) is 17.7 Å². The van der Waals surface area contributed by atoms with Crippen LogP contribution in [0.1, 0.15) is 12.5 Å². The van der Waals surface area contributed by atoms with Crippen LogP contribution in [0.15, 0.2) is 18.2 Å². The van der Waals surface area contributed by atoms with Gasteiger partial charge < -0.3 is 15.5 Å². The third kappa shape index (κ3) is 2.73. The molecule has 2 rings (SSSR count). The number of anilines is 1. The fraction of sp³-hybridized carbons (Fsp3) is 0.538. The summed E-state index contributed by atoms with van der Waals surface area (Å²) in [5.41, 5.74) is 7.82. The van der Waals surface area contributed by atoms with E-state index in [0.717, 1.165) is 35.9 Å². The van der Waals surface area contributed by atoms with E-state index in [1.165, 1.54) is 0 Å². The highest BCUT2D eigenvalue weighted by molar-refractivity contribution is 6.33. The van der Waals surface area contributed by atoms with Gasteiger partial charge in [-0.25, -0.2) is 0 Å². The SMILES string of the molecule is CC1CN(c2ccc(CN)cc2Cl)CCN1C. The van der Waals surface area contributed by atoms with Gasteiger partial charge in [-0.05, 0) is 31.7 Å². The van der Waals surface area contributed by atoms with Crippen molar-refractivity contribution in [3.63, 3.8) is 0 Å². The molecule has 0 aromatic heterocycles. The van der Waals surface area contributed by atoms with Crippen molar-refractivity contribution in [1.29, 1.82) is 0 Å². The summed E-state index contributed by atoms with van der Waals surface area (Å²) < 4.78 is 0. The molecule has 94 valence electrons. The lowest BCUT2D eigenvalue weighted by molar-refractivity contribution is 0.234. The van der Waals surface area contributed by atoms with Crippen molar-refractivity contribution in [3.8, 4) is 0 Å². The van der Waals surface area contributed by atoms with Gasteiger partial charge in [0.05, 0.1) is 10.7 Å². The number of hydrogen-bond acceptors (Lipinski definition) is 3. The molecule has 4 heteroatoms. The Bertz CT molecular complexity index is 394. The quantitative estimate of drug-likeness (QED) is 0.874. The Morgan fingerprint density at radius 3 is 2.76 bits per heavy atom. The van der Waals surface area contributed by atoms with Crippen molar-refractivity contribution in [1.82, 2.24) is 4.90 Å². The molecule has 17 heavy (non-hydrogen) atoms. The molecule has 0 spiro atoms. The first-order chi connectivity index (χ1) is 8.11. The molecule has 1 aromatic carbocycles. The molecule has 0 saturated carbocycles. The Morgan fingerprint density at radius 1 is 1.41 bits per heavy atom. The van der Waals surface area contributed by atoms with Crippen molar-refractivity contribution in [2.75, 3.05) is 31.6 Å². The van der Waals surface area contributed by atoms with E-state index in [9.17, 15) is 0 Å². The first-order valence-corrected chi connectivity index (χ1v) is 6.43. The number of hydrogen-bond donors (Lipinski definition) is 1. The number of likely N-dealkylation sites (N-methyl/N-ethyl adjacent to an activating group) is 1. The van der Waals surface area contributed by atoms with Gasteiger partial charge >= 0.3 is 0 Å². The number of benzene rings is 1. The lowest BCUT2D eigenvalue weighted by Crippen LogP contribution is -2.50. The van der Waals surface area contributed by atoms with E-state index < -0.39 is 0 Å². The number of nitrogens with zero attached hydrogens (tertiary/aromatic N) is 2. The Labute approximate surface area is 108 Å². The van der Waals surface area contributed by atoms with Crippen molar-refractivity contribution < 1.29 is 0 Å². The minimum absolute atomic E-state index is 0.541. The van der Waals surface area contributed by atoms with Gasteiger partial charge in [0.15, 0.2) is 0 Å². The van der Waals surface area contributed by atoms with Crippen molar-refractivity contribution in [2.24, 2.45) is 5.73 Å². The molecule has 0 amide bonds. The average molecular weight is 254 g/mol. The van der Waals surface area contributed by atoms with Gasteiger partial charge in [0.2, 0.25) is 0 Å². The minimum Gasteiger partial charge on any atom is -0.367 e. The van der Waals surface area contributed by atoms with Gasteiger partial charge in [-0.15, -0.1) is 0 Å². The second-order valence-corrected chi connectivity index (χ2v) is 5.17. The first kappa shape index (κ1) is 12.7. The second kappa shape index (κ2) is 5.25. The molecule has 1 saturated heterocycles. The average Bonchev–Trinajstić information content (AvgIpc) is 2.32. The third-order valence-corrected chi connectivity index (χ3v) is 3.85. The molecule has 1 atom stereocenters. The summed E-state index contributed by atoms with van der Waals surface area (Å²) in [6.07, 6.45) is 0. The lowest BCUT2D eigenvalue weighted by atomic mass is 10.1. The van der Waals surface area contributed by atoms with Crippen LogP contribution in [0.2, 0.25) is 5.02 Å². The number of piperazine rings is 1. The van der Waals surface area contributed by atoms with E-state index in [2.05, 4.69) is 35.9 Å². The molecule has 1 heterocycles. The highest BCUT2D eigenvalue weighted by Gasteiger charge is 2.22. The van der Waals surface area contributed by atoms with E-state index in [0.29, 0.717) is 12.6 Å². The van der Waals surface area contributed by atoms with Crippen LogP contribution in [0, 0.1) is 0 Å². The maximum Gasteiger partial charge on any atom is 0.0642 e. The topological polar surface area (TPSA) is 32.5 Å². The summed E-state index contributed by atoms with van der Waals surface area (Å²) in [6, 6.07) is 6.68. The number of nitrogens with two attached hydrogens (primary N) is 1. The maximum atomic E-state index is 6.31. The van der Waals surface area contributed by atoms with Crippen molar-refractivity contribution in [2.45, 2.75) is 19.5 Å². The van der Waals surface area contributed by atoms with Crippen LogP contribution in [0.4, 0.5) is 5.69 Å². The molecule has 2 N–H and O–H groups in total. The maximum absolute atomic E-state index is 6.31.